The largest absolute Gasteiger partial charge is 0.378 e. The van der Waals surface area contributed by atoms with Gasteiger partial charge in [0, 0.05) is 30.4 Å². The molecule has 2 amide bonds. The lowest BCUT2D eigenvalue weighted by molar-refractivity contribution is -0.119. The van der Waals surface area contributed by atoms with Crippen molar-refractivity contribution in [3.8, 4) is 0 Å². The first-order chi connectivity index (χ1) is 10.5. The van der Waals surface area contributed by atoms with Gasteiger partial charge in [0.25, 0.3) is 5.91 Å². The average molecular weight is 305 g/mol. The molecule has 0 saturated carbocycles. The Kier molecular flexibility index (Phi) is 5.51. The molecule has 22 heavy (non-hydrogen) atoms. The first kappa shape index (κ1) is 16.5. The van der Waals surface area contributed by atoms with Crippen LogP contribution < -0.4 is 11.1 Å². The highest BCUT2D eigenvalue weighted by Crippen LogP contribution is 2.15. The highest BCUT2D eigenvalue weighted by Gasteiger charge is 2.20. The molecule has 120 valence electrons. The van der Waals surface area contributed by atoms with E-state index in [1.54, 1.807) is 43.0 Å². The predicted octanol–water partition coefficient (Wildman–Crippen LogP) is 1.08. The van der Waals surface area contributed by atoms with Crippen molar-refractivity contribution in [3.63, 3.8) is 0 Å². The molecular weight excluding hydrogens is 282 g/mol. The smallest absolute Gasteiger partial charge is 0.254 e. The Morgan fingerprint density at radius 2 is 1.95 bits per heavy atom. The van der Waals surface area contributed by atoms with Crippen LogP contribution in [-0.4, -0.2) is 49.1 Å². The third-order valence-corrected chi connectivity index (χ3v) is 3.88. The molecule has 3 N–H and O–H groups in total. The Balaban J connectivity index is 2.06. The number of rotatable bonds is 4. The molecule has 0 bridgehead atoms. The summed E-state index contributed by atoms with van der Waals surface area (Å²) in [4.78, 5) is 26.2. The Labute approximate surface area is 130 Å². The zero-order valence-electron chi connectivity index (χ0n) is 13.0. The van der Waals surface area contributed by atoms with E-state index in [1.807, 2.05) is 0 Å². The van der Waals surface area contributed by atoms with Crippen molar-refractivity contribution in [1.82, 2.24) is 4.90 Å². The average Bonchev–Trinajstić information content (AvgIpc) is 2.54. The third kappa shape index (κ3) is 4.05. The van der Waals surface area contributed by atoms with Crippen LogP contribution >= 0.6 is 0 Å². The Bertz CT molecular complexity index is 539. The third-order valence-electron chi connectivity index (χ3n) is 3.88. The van der Waals surface area contributed by atoms with E-state index in [2.05, 4.69) is 5.32 Å². The molecule has 1 heterocycles. The van der Waals surface area contributed by atoms with Crippen LogP contribution in [0.25, 0.3) is 0 Å². The summed E-state index contributed by atoms with van der Waals surface area (Å²) in [6.45, 7) is 5.89. The summed E-state index contributed by atoms with van der Waals surface area (Å²) in [5.41, 5.74) is 6.90. The van der Waals surface area contributed by atoms with Crippen molar-refractivity contribution in [3.05, 3.63) is 29.8 Å². The number of hydrogen-bond donors (Lipinski definition) is 2. The van der Waals surface area contributed by atoms with Crippen molar-refractivity contribution < 1.29 is 14.3 Å². The van der Waals surface area contributed by atoms with Gasteiger partial charge in [-0.3, -0.25) is 9.59 Å². The molecule has 0 aliphatic carbocycles. The van der Waals surface area contributed by atoms with Crippen LogP contribution in [0.1, 0.15) is 24.2 Å². The summed E-state index contributed by atoms with van der Waals surface area (Å²) in [5.74, 6) is -0.482. The monoisotopic (exact) mass is 305 g/mol. The van der Waals surface area contributed by atoms with Crippen LogP contribution in [0.5, 0.6) is 0 Å². The Hall–Kier alpha value is -1.92. The molecule has 1 fully saturated rings. The van der Waals surface area contributed by atoms with Gasteiger partial charge in [0.05, 0.1) is 19.1 Å². The van der Waals surface area contributed by atoms with E-state index < -0.39 is 0 Å². The first-order valence-electron chi connectivity index (χ1n) is 7.52. The maximum Gasteiger partial charge on any atom is 0.254 e. The van der Waals surface area contributed by atoms with Gasteiger partial charge in [-0.2, -0.15) is 0 Å². The standard InChI is InChI=1S/C16H23N3O3/c1-11(12(2)17)15(20)18-14-5-3-4-13(10-14)16(21)19-6-8-22-9-7-19/h3-5,10-12H,6-9,17H2,1-2H3,(H,18,20). The summed E-state index contributed by atoms with van der Waals surface area (Å²) in [6.07, 6.45) is 0. The van der Waals surface area contributed by atoms with E-state index in [1.165, 1.54) is 0 Å². The number of carbonyl (C=O) groups excluding carboxylic acids is 2. The zero-order valence-corrected chi connectivity index (χ0v) is 13.0. The molecular formula is C16H23N3O3. The zero-order chi connectivity index (χ0) is 16.1. The molecule has 1 aromatic rings. The van der Waals surface area contributed by atoms with Gasteiger partial charge in [0.2, 0.25) is 5.91 Å². The van der Waals surface area contributed by atoms with E-state index in [9.17, 15) is 9.59 Å². The lowest BCUT2D eigenvalue weighted by Crippen LogP contribution is -2.40. The number of nitrogens with two attached hydrogens (primary N) is 1. The number of hydrogen-bond acceptors (Lipinski definition) is 4. The fourth-order valence-corrected chi connectivity index (χ4v) is 2.17. The summed E-state index contributed by atoms with van der Waals surface area (Å²) in [7, 11) is 0. The molecule has 0 spiro atoms. The van der Waals surface area contributed by atoms with Crippen LogP contribution in [0.15, 0.2) is 24.3 Å². The summed E-state index contributed by atoms with van der Waals surface area (Å²) in [5, 5.41) is 2.81. The molecule has 1 saturated heterocycles. The molecule has 0 radical (unpaired) electrons. The molecule has 2 atom stereocenters. The van der Waals surface area contributed by atoms with Crippen LogP contribution in [-0.2, 0) is 9.53 Å². The topological polar surface area (TPSA) is 84.7 Å². The molecule has 0 aromatic heterocycles. The number of nitrogens with one attached hydrogen (secondary N) is 1. The van der Waals surface area contributed by atoms with E-state index in [0.717, 1.165) is 0 Å². The summed E-state index contributed by atoms with van der Waals surface area (Å²) < 4.78 is 5.25. The van der Waals surface area contributed by atoms with Gasteiger partial charge in [-0.1, -0.05) is 13.0 Å². The summed E-state index contributed by atoms with van der Waals surface area (Å²) >= 11 is 0. The van der Waals surface area contributed by atoms with Crippen molar-refractivity contribution >= 4 is 17.5 Å². The number of nitrogens with zero attached hydrogens (tertiary/aromatic N) is 1. The van der Waals surface area contributed by atoms with Crippen molar-refractivity contribution in [2.45, 2.75) is 19.9 Å². The predicted molar refractivity (Wildman–Crippen MR) is 84.6 cm³/mol. The number of benzene rings is 1. The molecule has 1 aliphatic heterocycles. The van der Waals surface area contributed by atoms with E-state index in [-0.39, 0.29) is 23.8 Å². The van der Waals surface area contributed by atoms with Crippen LogP contribution in [0, 0.1) is 5.92 Å². The molecule has 1 aliphatic rings. The van der Waals surface area contributed by atoms with Gasteiger partial charge in [-0.15, -0.1) is 0 Å². The first-order valence-corrected chi connectivity index (χ1v) is 7.52. The molecule has 2 unspecified atom stereocenters. The summed E-state index contributed by atoms with van der Waals surface area (Å²) in [6, 6.07) is 6.76. The number of morpholine rings is 1. The Morgan fingerprint density at radius 1 is 1.27 bits per heavy atom. The second-order valence-electron chi connectivity index (χ2n) is 5.62. The number of carbonyl (C=O) groups is 2. The molecule has 6 heteroatoms. The molecule has 6 nitrogen and oxygen atoms in total. The number of anilines is 1. The number of amides is 2. The van der Waals surface area contributed by atoms with Crippen molar-refractivity contribution in [1.29, 1.82) is 0 Å². The van der Waals surface area contributed by atoms with Gasteiger partial charge in [0.15, 0.2) is 0 Å². The minimum absolute atomic E-state index is 0.0420. The second kappa shape index (κ2) is 7.38. The van der Waals surface area contributed by atoms with Gasteiger partial charge < -0.3 is 20.7 Å². The number of ether oxygens (including phenoxy) is 1. The van der Waals surface area contributed by atoms with E-state index in [4.69, 9.17) is 10.5 Å². The van der Waals surface area contributed by atoms with Crippen molar-refractivity contribution in [2.75, 3.05) is 31.6 Å². The maximum atomic E-state index is 12.4. The maximum absolute atomic E-state index is 12.4. The minimum atomic E-state index is -0.293. The highest BCUT2D eigenvalue weighted by atomic mass is 16.5. The van der Waals surface area contributed by atoms with Crippen LogP contribution in [0.4, 0.5) is 5.69 Å². The second-order valence-corrected chi connectivity index (χ2v) is 5.62. The lowest BCUT2D eigenvalue weighted by Gasteiger charge is -2.27. The van der Waals surface area contributed by atoms with Gasteiger partial charge in [0.1, 0.15) is 0 Å². The molecule has 2 rings (SSSR count). The molecule has 1 aromatic carbocycles. The van der Waals surface area contributed by atoms with Gasteiger partial charge in [-0.05, 0) is 25.1 Å². The van der Waals surface area contributed by atoms with Crippen LogP contribution in [0.3, 0.4) is 0 Å². The van der Waals surface area contributed by atoms with E-state index in [0.29, 0.717) is 37.6 Å². The SMILES string of the molecule is CC(N)C(C)C(=O)Nc1cccc(C(=O)N2CCOCC2)c1. The highest BCUT2D eigenvalue weighted by molar-refractivity contribution is 5.97. The van der Waals surface area contributed by atoms with Gasteiger partial charge in [-0.25, -0.2) is 0 Å². The quantitative estimate of drug-likeness (QED) is 0.872. The van der Waals surface area contributed by atoms with Gasteiger partial charge >= 0.3 is 0 Å². The van der Waals surface area contributed by atoms with E-state index >= 15 is 0 Å². The minimum Gasteiger partial charge on any atom is -0.378 e. The van der Waals surface area contributed by atoms with Crippen molar-refractivity contribution in [2.24, 2.45) is 11.7 Å². The Morgan fingerprint density at radius 3 is 2.59 bits per heavy atom. The van der Waals surface area contributed by atoms with Crippen LogP contribution in [0.2, 0.25) is 0 Å². The lowest BCUT2D eigenvalue weighted by atomic mass is 10.0. The fourth-order valence-electron chi connectivity index (χ4n) is 2.17. The fraction of sp³-hybridized carbons (Fsp3) is 0.500. The normalized spacial score (nSPS) is 17.7.